The van der Waals surface area contributed by atoms with Gasteiger partial charge in [0.05, 0.1) is 18.3 Å². The lowest BCUT2D eigenvalue weighted by Gasteiger charge is -2.00. The smallest absolute Gasteiger partial charge is 0.374 e. The van der Waals surface area contributed by atoms with Crippen molar-refractivity contribution in [2.24, 2.45) is 0 Å². The molecule has 78 valence electrons. The maximum Gasteiger partial charge on any atom is 0.374 e. The highest BCUT2D eigenvalue weighted by molar-refractivity contribution is 5.86. The molecule has 2 heterocycles. The van der Waals surface area contributed by atoms with Gasteiger partial charge in [-0.3, -0.25) is 4.40 Å². The molecule has 0 amide bonds. The Morgan fingerprint density at radius 2 is 2.40 bits per heavy atom. The van der Waals surface area contributed by atoms with Crippen LogP contribution in [0.15, 0.2) is 24.5 Å². The lowest BCUT2D eigenvalue weighted by atomic mass is 10.4. The van der Waals surface area contributed by atoms with Gasteiger partial charge in [-0.25, -0.2) is 14.2 Å². The Balaban J connectivity index is 2.52. The molecule has 5 heteroatoms. The lowest BCUT2D eigenvalue weighted by molar-refractivity contribution is 0.0511. The number of carbonyl (C=O) groups excluding carboxylic acids is 1. The second kappa shape index (κ2) is 3.68. The van der Waals surface area contributed by atoms with E-state index in [2.05, 4.69) is 4.98 Å². The number of nitrogens with zero attached hydrogens (tertiary/aromatic N) is 2. The maximum atomic E-state index is 12.9. The van der Waals surface area contributed by atoms with Crippen molar-refractivity contribution in [2.45, 2.75) is 6.92 Å². The molecule has 2 rings (SSSR count). The Morgan fingerprint density at radius 3 is 3.13 bits per heavy atom. The Kier molecular flexibility index (Phi) is 2.37. The Hall–Kier alpha value is -1.91. The van der Waals surface area contributed by atoms with Gasteiger partial charge < -0.3 is 4.74 Å². The molecule has 0 aliphatic heterocycles. The van der Waals surface area contributed by atoms with Gasteiger partial charge in [-0.1, -0.05) is 0 Å². The second-order valence-electron chi connectivity index (χ2n) is 2.94. The van der Waals surface area contributed by atoms with E-state index in [1.807, 2.05) is 0 Å². The quantitative estimate of drug-likeness (QED) is 0.705. The Labute approximate surface area is 85.3 Å². The number of esters is 1. The fraction of sp³-hybridized carbons (Fsp3) is 0.200. The molecule has 0 unspecified atom stereocenters. The maximum absolute atomic E-state index is 12.9. The number of carbonyl (C=O) groups is 1. The van der Waals surface area contributed by atoms with Crippen LogP contribution >= 0.6 is 0 Å². The molecule has 0 spiro atoms. The predicted octanol–water partition coefficient (Wildman–Crippen LogP) is 1.65. The third kappa shape index (κ3) is 1.68. The van der Waals surface area contributed by atoms with Crippen LogP contribution < -0.4 is 0 Å². The van der Waals surface area contributed by atoms with Gasteiger partial charge >= 0.3 is 5.97 Å². The zero-order valence-electron chi connectivity index (χ0n) is 8.11. The fourth-order valence-corrected chi connectivity index (χ4v) is 1.31. The first kappa shape index (κ1) is 9.64. The van der Waals surface area contributed by atoms with Crippen molar-refractivity contribution >= 4 is 11.5 Å². The summed E-state index contributed by atoms with van der Waals surface area (Å²) in [5, 5.41) is 0. The van der Waals surface area contributed by atoms with Crippen molar-refractivity contribution in [3.63, 3.8) is 0 Å². The number of imidazole rings is 1. The van der Waals surface area contributed by atoms with Crippen LogP contribution in [0.2, 0.25) is 0 Å². The van der Waals surface area contributed by atoms with Crippen LogP contribution in [0, 0.1) is 5.82 Å². The molecule has 0 aliphatic rings. The number of hydrogen-bond donors (Lipinski definition) is 0. The first-order valence-electron chi connectivity index (χ1n) is 4.52. The average Bonchev–Trinajstić information content (AvgIpc) is 2.60. The monoisotopic (exact) mass is 208 g/mol. The van der Waals surface area contributed by atoms with Gasteiger partial charge in [0.15, 0.2) is 0 Å². The highest BCUT2D eigenvalue weighted by Crippen LogP contribution is 2.09. The van der Waals surface area contributed by atoms with E-state index >= 15 is 0 Å². The molecule has 0 bridgehead atoms. The van der Waals surface area contributed by atoms with Gasteiger partial charge in [0.2, 0.25) is 5.82 Å². The van der Waals surface area contributed by atoms with Crippen molar-refractivity contribution in [3.8, 4) is 0 Å². The molecular formula is C10H9FN2O2. The largest absolute Gasteiger partial charge is 0.460 e. The van der Waals surface area contributed by atoms with Crippen molar-refractivity contribution in [1.82, 2.24) is 9.38 Å². The summed E-state index contributed by atoms with van der Waals surface area (Å²) < 4.78 is 19.1. The minimum atomic E-state index is -0.553. The molecule has 0 saturated heterocycles. The molecule has 2 aromatic heterocycles. The van der Waals surface area contributed by atoms with Crippen LogP contribution in [0.3, 0.4) is 0 Å². The Morgan fingerprint density at radius 1 is 1.60 bits per heavy atom. The highest BCUT2D eigenvalue weighted by atomic mass is 19.1. The van der Waals surface area contributed by atoms with E-state index in [-0.39, 0.29) is 12.4 Å². The molecule has 0 fully saturated rings. The van der Waals surface area contributed by atoms with Crippen molar-refractivity contribution in [3.05, 3.63) is 36.2 Å². The van der Waals surface area contributed by atoms with Gasteiger partial charge in [0.1, 0.15) is 5.82 Å². The first-order chi connectivity index (χ1) is 7.22. The molecule has 2 aromatic rings. The van der Waals surface area contributed by atoms with E-state index in [0.717, 1.165) is 0 Å². The second-order valence-corrected chi connectivity index (χ2v) is 2.94. The fourth-order valence-electron chi connectivity index (χ4n) is 1.31. The zero-order valence-corrected chi connectivity index (χ0v) is 8.11. The van der Waals surface area contributed by atoms with Crippen LogP contribution in [0.5, 0.6) is 0 Å². The summed E-state index contributed by atoms with van der Waals surface area (Å²) in [6.45, 7) is 1.97. The summed E-state index contributed by atoms with van der Waals surface area (Å²) in [6.07, 6.45) is 2.69. The third-order valence-electron chi connectivity index (χ3n) is 1.95. The minimum Gasteiger partial charge on any atom is -0.460 e. The van der Waals surface area contributed by atoms with E-state index in [1.165, 1.54) is 22.9 Å². The molecule has 0 atom stereocenters. The summed E-state index contributed by atoms with van der Waals surface area (Å²) in [6, 6.07) is 2.86. The van der Waals surface area contributed by atoms with Crippen LogP contribution in [-0.2, 0) is 4.74 Å². The Bertz CT molecular complexity index is 507. The first-order valence-corrected chi connectivity index (χ1v) is 4.52. The molecule has 0 aromatic carbocycles. The van der Waals surface area contributed by atoms with Crippen molar-refractivity contribution in [1.29, 1.82) is 0 Å². The average molecular weight is 208 g/mol. The summed E-state index contributed by atoms with van der Waals surface area (Å²) in [5.41, 5.74) is 0.652. The highest BCUT2D eigenvalue weighted by Gasteiger charge is 2.13. The van der Waals surface area contributed by atoms with E-state index in [4.69, 9.17) is 4.74 Å². The third-order valence-corrected chi connectivity index (χ3v) is 1.95. The molecule has 0 aliphatic carbocycles. The predicted molar refractivity (Wildman–Crippen MR) is 51.1 cm³/mol. The summed E-state index contributed by atoms with van der Waals surface area (Å²) >= 11 is 0. The van der Waals surface area contributed by atoms with Gasteiger partial charge in [0, 0.05) is 6.20 Å². The lowest BCUT2D eigenvalue weighted by Crippen LogP contribution is -2.09. The van der Waals surface area contributed by atoms with Crippen molar-refractivity contribution < 1.29 is 13.9 Å². The number of hydrogen-bond acceptors (Lipinski definition) is 3. The minimum absolute atomic E-state index is 0.0892. The summed E-state index contributed by atoms with van der Waals surface area (Å²) in [5.74, 6) is -0.888. The van der Waals surface area contributed by atoms with Crippen LogP contribution in [0.1, 0.15) is 17.5 Å². The van der Waals surface area contributed by atoms with Gasteiger partial charge in [-0.15, -0.1) is 0 Å². The molecule has 0 radical (unpaired) electrons. The van der Waals surface area contributed by atoms with E-state index < -0.39 is 11.8 Å². The number of rotatable bonds is 2. The van der Waals surface area contributed by atoms with Crippen LogP contribution in [0.4, 0.5) is 4.39 Å². The van der Waals surface area contributed by atoms with E-state index in [9.17, 15) is 9.18 Å². The van der Waals surface area contributed by atoms with E-state index in [0.29, 0.717) is 5.52 Å². The number of aromatic nitrogens is 2. The standard InChI is InChI=1S/C10H9FN2O2/c1-2-15-10(14)9-12-5-8-4-3-7(11)6-13(8)9/h3-6H,2H2,1H3. The molecule has 0 saturated carbocycles. The molecule has 0 N–H and O–H groups in total. The SMILES string of the molecule is CCOC(=O)c1ncc2ccc(F)cn12. The topological polar surface area (TPSA) is 43.6 Å². The van der Waals surface area contributed by atoms with Crippen LogP contribution in [0.25, 0.3) is 5.52 Å². The molecule has 4 nitrogen and oxygen atoms in total. The summed E-state index contributed by atoms with van der Waals surface area (Å²) in [4.78, 5) is 15.3. The number of ether oxygens (including phenoxy) is 1. The molecular weight excluding hydrogens is 199 g/mol. The zero-order chi connectivity index (χ0) is 10.8. The normalized spacial score (nSPS) is 10.5. The van der Waals surface area contributed by atoms with Crippen molar-refractivity contribution in [2.75, 3.05) is 6.61 Å². The van der Waals surface area contributed by atoms with Gasteiger partial charge in [-0.05, 0) is 19.1 Å². The van der Waals surface area contributed by atoms with E-state index in [1.54, 1.807) is 13.0 Å². The van der Waals surface area contributed by atoms with Gasteiger partial charge in [0.25, 0.3) is 0 Å². The number of pyridine rings is 1. The van der Waals surface area contributed by atoms with Gasteiger partial charge in [-0.2, -0.15) is 0 Å². The van der Waals surface area contributed by atoms with Crippen LogP contribution in [-0.4, -0.2) is 22.0 Å². The molecule has 15 heavy (non-hydrogen) atoms. The summed E-state index contributed by atoms with van der Waals surface area (Å²) in [7, 11) is 0. The number of halogens is 1. The number of fused-ring (bicyclic) bond motifs is 1.